The smallest absolute Gasteiger partial charge is 0.255 e. The molecule has 0 unspecified atom stereocenters. The highest BCUT2D eigenvalue weighted by molar-refractivity contribution is 6.31. The number of hydrogen-bond acceptors (Lipinski definition) is 6. The lowest BCUT2D eigenvalue weighted by Crippen LogP contribution is -2.24. The minimum absolute atomic E-state index is 0.238. The van der Waals surface area contributed by atoms with Crippen LogP contribution in [0.1, 0.15) is 24.1 Å². The first-order valence-electron chi connectivity index (χ1n) is 11.3. The van der Waals surface area contributed by atoms with Crippen molar-refractivity contribution in [1.82, 2.24) is 19.5 Å². The third-order valence-corrected chi connectivity index (χ3v) is 6.35. The molecule has 7 nitrogen and oxygen atoms in total. The Morgan fingerprint density at radius 2 is 1.91 bits per heavy atom. The monoisotopic (exact) mass is 478 g/mol. The van der Waals surface area contributed by atoms with E-state index in [-0.39, 0.29) is 16.8 Å². The number of rotatable bonds is 6. The van der Waals surface area contributed by atoms with Gasteiger partial charge in [0.1, 0.15) is 0 Å². The molecule has 0 amide bonds. The Morgan fingerprint density at radius 1 is 1.09 bits per heavy atom. The van der Waals surface area contributed by atoms with Crippen molar-refractivity contribution in [2.45, 2.75) is 25.7 Å². The molecule has 0 radical (unpaired) electrons. The summed E-state index contributed by atoms with van der Waals surface area (Å²) < 4.78 is 15.6. The second kappa shape index (κ2) is 9.38. The molecule has 0 fully saturated rings. The van der Waals surface area contributed by atoms with E-state index < -0.39 is 5.82 Å². The molecule has 4 aromatic rings. The number of benzene rings is 1. The molecule has 0 saturated carbocycles. The van der Waals surface area contributed by atoms with Crippen LogP contribution in [0.25, 0.3) is 22.2 Å². The van der Waals surface area contributed by atoms with E-state index in [1.54, 1.807) is 7.05 Å². The van der Waals surface area contributed by atoms with Gasteiger partial charge in [-0.05, 0) is 55.5 Å². The maximum absolute atomic E-state index is 14.2. The predicted molar refractivity (Wildman–Crippen MR) is 133 cm³/mol. The topological polar surface area (TPSA) is 84.7 Å². The second-order valence-electron chi connectivity index (χ2n) is 8.35. The Labute approximate surface area is 201 Å². The Kier molecular flexibility index (Phi) is 6.15. The minimum Gasteiger partial charge on any atom is -0.382 e. The molecule has 9 heteroatoms. The third-order valence-electron chi connectivity index (χ3n) is 6.12. The standard InChI is InChI=1S/C25H24ClFN6O/c1-33-23(34)13-22(16-8-9-28-14-19(16)27)32-25(33)30-11-10-29-24-17-4-2-3-5-20(17)31-21-12-15(26)6-7-18(21)24/h6-9,12-14H,2-5,10-11H2,1H3,(H,29,31)(H,30,32). The average molecular weight is 479 g/mol. The normalized spacial score (nSPS) is 13.0. The molecule has 34 heavy (non-hydrogen) atoms. The van der Waals surface area contributed by atoms with Gasteiger partial charge < -0.3 is 10.6 Å². The molecule has 1 aromatic carbocycles. The number of aryl methyl sites for hydroxylation is 1. The number of aromatic nitrogens is 4. The van der Waals surface area contributed by atoms with Crippen molar-refractivity contribution in [2.24, 2.45) is 7.05 Å². The number of nitrogens with one attached hydrogen (secondary N) is 2. The lowest BCUT2D eigenvalue weighted by molar-refractivity contribution is 0.624. The van der Waals surface area contributed by atoms with Crippen molar-refractivity contribution < 1.29 is 4.39 Å². The van der Waals surface area contributed by atoms with E-state index >= 15 is 0 Å². The fraction of sp³-hybridized carbons (Fsp3) is 0.280. The van der Waals surface area contributed by atoms with Gasteiger partial charge in [0.05, 0.1) is 17.4 Å². The number of nitrogens with zero attached hydrogens (tertiary/aromatic N) is 4. The van der Waals surface area contributed by atoms with Gasteiger partial charge >= 0.3 is 0 Å². The van der Waals surface area contributed by atoms with Gasteiger partial charge in [-0.2, -0.15) is 0 Å². The van der Waals surface area contributed by atoms with E-state index in [4.69, 9.17) is 16.6 Å². The first-order valence-corrected chi connectivity index (χ1v) is 11.7. The van der Waals surface area contributed by atoms with Gasteiger partial charge in [0.15, 0.2) is 5.82 Å². The third kappa shape index (κ3) is 4.33. The summed E-state index contributed by atoms with van der Waals surface area (Å²) in [6, 6.07) is 8.62. The van der Waals surface area contributed by atoms with E-state index in [0.717, 1.165) is 54.2 Å². The molecule has 174 valence electrons. The van der Waals surface area contributed by atoms with Crippen molar-refractivity contribution in [1.29, 1.82) is 0 Å². The Morgan fingerprint density at radius 3 is 2.76 bits per heavy atom. The van der Waals surface area contributed by atoms with Crippen LogP contribution < -0.4 is 16.2 Å². The van der Waals surface area contributed by atoms with E-state index in [1.807, 2.05) is 18.2 Å². The highest BCUT2D eigenvalue weighted by atomic mass is 35.5. The Balaban J connectivity index is 1.37. The van der Waals surface area contributed by atoms with Crippen LogP contribution in [-0.4, -0.2) is 32.6 Å². The quantitative estimate of drug-likeness (QED) is 0.394. The summed E-state index contributed by atoms with van der Waals surface area (Å²) in [5.74, 6) is -0.153. The molecule has 2 N–H and O–H groups in total. The zero-order chi connectivity index (χ0) is 23.7. The SMILES string of the molecule is Cn1c(NCCNc2c3c(nc4cc(Cl)ccc24)CCCC3)nc(-c2ccncc2F)cc1=O. The van der Waals surface area contributed by atoms with E-state index in [9.17, 15) is 9.18 Å². The zero-order valence-corrected chi connectivity index (χ0v) is 19.5. The molecule has 0 bridgehead atoms. The van der Waals surface area contributed by atoms with Gasteiger partial charge in [-0.3, -0.25) is 19.3 Å². The second-order valence-corrected chi connectivity index (χ2v) is 8.79. The number of pyridine rings is 2. The lowest BCUT2D eigenvalue weighted by Gasteiger charge is -2.22. The van der Waals surface area contributed by atoms with Crippen molar-refractivity contribution in [2.75, 3.05) is 23.7 Å². The summed E-state index contributed by atoms with van der Waals surface area (Å²) in [5, 5.41) is 8.49. The van der Waals surface area contributed by atoms with Crippen molar-refractivity contribution >= 4 is 34.1 Å². The minimum atomic E-state index is -0.523. The Bertz CT molecular complexity index is 1440. The van der Waals surface area contributed by atoms with Crippen LogP contribution in [-0.2, 0) is 19.9 Å². The first kappa shape index (κ1) is 22.3. The molecule has 5 rings (SSSR count). The summed E-state index contributed by atoms with van der Waals surface area (Å²) in [6.45, 7) is 1.10. The van der Waals surface area contributed by atoms with Crippen LogP contribution >= 0.6 is 11.6 Å². The number of hydrogen-bond donors (Lipinski definition) is 2. The van der Waals surface area contributed by atoms with Gasteiger partial charge in [0.2, 0.25) is 5.95 Å². The first-order chi connectivity index (χ1) is 16.5. The summed E-state index contributed by atoms with van der Waals surface area (Å²) in [5.41, 5.74) is 4.61. The average Bonchev–Trinajstić information content (AvgIpc) is 2.83. The lowest BCUT2D eigenvalue weighted by atomic mass is 9.92. The van der Waals surface area contributed by atoms with Crippen LogP contribution in [0.15, 0.2) is 47.5 Å². The molecular formula is C25H24ClFN6O. The van der Waals surface area contributed by atoms with Crippen LogP contribution in [0.5, 0.6) is 0 Å². The number of anilines is 2. The molecule has 0 atom stereocenters. The maximum Gasteiger partial charge on any atom is 0.255 e. The van der Waals surface area contributed by atoms with E-state index in [2.05, 4.69) is 20.6 Å². The van der Waals surface area contributed by atoms with Gasteiger partial charge in [0, 0.05) is 59.8 Å². The molecule has 0 spiro atoms. The summed E-state index contributed by atoms with van der Waals surface area (Å²) in [4.78, 5) is 25.5. The molecule has 3 heterocycles. The summed E-state index contributed by atoms with van der Waals surface area (Å²) in [6.07, 6.45) is 6.83. The molecule has 3 aromatic heterocycles. The summed E-state index contributed by atoms with van der Waals surface area (Å²) in [7, 11) is 1.63. The molecular weight excluding hydrogens is 455 g/mol. The van der Waals surface area contributed by atoms with Crippen molar-refractivity contribution in [3.8, 4) is 11.3 Å². The molecule has 0 aliphatic heterocycles. The van der Waals surface area contributed by atoms with Gasteiger partial charge in [-0.25, -0.2) is 9.37 Å². The van der Waals surface area contributed by atoms with E-state index in [0.29, 0.717) is 24.1 Å². The largest absolute Gasteiger partial charge is 0.382 e. The van der Waals surface area contributed by atoms with Crippen LogP contribution in [0.3, 0.4) is 0 Å². The van der Waals surface area contributed by atoms with Crippen LogP contribution in [0.4, 0.5) is 16.0 Å². The Hall–Kier alpha value is -3.52. The molecule has 1 aliphatic rings. The van der Waals surface area contributed by atoms with Gasteiger partial charge in [-0.1, -0.05) is 11.6 Å². The number of fused-ring (bicyclic) bond motifs is 2. The number of halogens is 2. The highest BCUT2D eigenvalue weighted by Crippen LogP contribution is 2.34. The fourth-order valence-corrected chi connectivity index (χ4v) is 4.55. The maximum atomic E-state index is 14.2. The van der Waals surface area contributed by atoms with Gasteiger partial charge in [0.25, 0.3) is 5.56 Å². The predicted octanol–water partition coefficient (Wildman–Crippen LogP) is 4.59. The molecule has 1 aliphatic carbocycles. The zero-order valence-electron chi connectivity index (χ0n) is 18.7. The van der Waals surface area contributed by atoms with Crippen LogP contribution in [0.2, 0.25) is 5.02 Å². The summed E-state index contributed by atoms with van der Waals surface area (Å²) >= 11 is 6.21. The van der Waals surface area contributed by atoms with Crippen molar-refractivity contribution in [3.05, 3.63) is 75.2 Å². The fourth-order valence-electron chi connectivity index (χ4n) is 4.38. The molecule has 0 saturated heterocycles. The van der Waals surface area contributed by atoms with Gasteiger partial charge in [-0.15, -0.1) is 0 Å². The van der Waals surface area contributed by atoms with E-state index in [1.165, 1.54) is 28.5 Å². The van der Waals surface area contributed by atoms with Crippen molar-refractivity contribution in [3.63, 3.8) is 0 Å². The highest BCUT2D eigenvalue weighted by Gasteiger charge is 2.18. The van der Waals surface area contributed by atoms with Crippen LogP contribution in [0, 0.1) is 5.82 Å².